The van der Waals surface area contributed by atoms with E-state index in [4.69, 9.17) is 4.74 Å². The maximum Gasteiger partial charge on any atom is 0.119 e. The number of hydrogen-bond acceptors (Lipinski definition) is 3. The summed E-state index contributed by atoms with van der Waals surface area (Å²) >= 11 is 0. The normalized spacial score (nSPS) is 14.2. The van der Waals surface area contributed by atoms with Crippen LogP contribution in [0.1, 0.15) is 44.9 Å². The molecule has 2 aromatic carbocycles. The zero-order valence-electron chi connectivity index (χ0n) is 15.1. The van der Waals surface area contributed by atoms with Crippen molar-refractivity contribution in [3.63, 3.8) is 0 Å². The molecule has 0 saturated carbocycles. The summed E-state index contributed by atoms with van der Waals surface area (Å²) in [5.41, 5.74) is 2.62. The molecule has 3 heteroatoms. The molecule has 0 saturated heterocycles. The number of nitrogens with one attached hydrogen (secondary N) is 1. The van der Waals surface area contributed by atoms with Crippen LogP contribution in [0, 0.1) is 0 Å². The topological polar surface area (TPSA) is 41.5 Å². The number of hydrogen-bond donors (Lipinski definition) is 2. The summed E-state index contributed by atoms with van der Waals surface area (Å²) < 4.78 is 5.68. The third-order valence-corrected chi connectivity index (χ3v) is 4.12. The van der Waals surface area contributed by atoms with Crippen LogP contribution in [0.5, 0.6) is 5.75 Å². The highest BCUT2D eigenvalue weighted by Gasteiger charge is 2.13. The molecule has 0 bridgehead atoms. The Balaban J connectivity index is 1.76. The third-order valence-electron chi connectivity index (χ3n) is 4.12. The van der Waals surface area contributed by atoms with E-state index in [2.05, 4.69) is 57.3 Å². The maximum atomic E-state index is 10.1. The van der Waals surface area contributed by atoms with E-state index in [-0.39, 0.29) is 18.1 Å². The van der Waals surface area contributed by atoms with E-state index in [1.54, 1.807) is 0 Å². The minimum Gasteiger partial charge on any atom is -0.491 e. The van der Waals surface area contributed by atoms with E-state index in [0.717, 1.165) is 5.75 Å². The van der Waals surface area contributed by atoms with E-state index in [0.29, 0.717) is 6.54 Å². The second-order valence-corrected chi connectivity index (χ2v) is 7.28. The van der Waals surface area contributed by atoms with E-state index in [1.165, 1.54) is 11.1 Å². The number of aliphatic hydroxyl groups excluding tert-OH is 1. The summed E-state index contributed by atoms with van der Waals surface area (Å²) in [4.78, 5) is 0. The number of benzene rings is 2. The molecule has 0 spiro atoms. The van der Waals surface area contributed by atoms with Crippen LogP contribution in [0.25, 0.3) is 0 Å². The van der Waals surface area contributed by atoms with Gasteiger partial charge in [-0.2, -0.15) is 0 Å². The molecule has 0 aliphatic rings. The number of rotatable bonds is 7. The van der Waals surface area contributed by atoms with E-state index in [1.807, 2.05) is 30.3 Å². The lowest BCUT2D eigenvalue weighted by atomic mass is 9.87. The molecule has 0 aliphatic carbocycles. The Morgan fingerprint density at radius 2 is 1.62 bits per heavy atom. The predicted molar refractivity (Wildman–Crippen MR) is 99.5 cm³/mol. The van der Waals surface area contributed by atoms with Gasteiger partial charge in [-0.05, 0) is 35.6 Å². The summed E-state index contributed by atoms with van der Waals surface area (Å²) in [7, 11) is 0. The zero-order valence-corrected chi connectivity index (χ0v) is 15.1. The van der Waals surface area contributed by atoms with Crippen molar-refractivity contribution >= 4 is 0 Å². The van der Waals surface area contributed by atoms with Crippen molar-refractivity contribution in [2.75, 3.05) is 13.2 Å². The highest BCUT2D eigenvalue weighted by Crippen LogP contribution is 2.24. The second kappa shape index (κ2) is 8.32. The van der Waals surface area contributed by atoms with Crippen LogP contribution in [-0.2, 0) is 5.41 Å². The van der Waals surface area contributed by atoms with Gasteiger partial charge < -0.3 is 15.2 Å². The minimum atomic E-state index is -0.543. The molecule has 2 rings (SSSR count). The van der Waals surface area contributed by atoms with Gasteiger partial charge in [0, 0.05) is 12.6 Å². The molecule has 0 aromatic heterocycles. The Labute approximate surface area is 145 Å². The molecule has 2 N–H and O–H groups in total. The first kappa shape index (κ1) is 18.5. The molecule has 0 fully saturated rings. The second-order valence-electron chi connectivity index (χ2n) is 7.28. The minimum absolute atomic E-state index is 0.134. The van der Waals surface area contributed by atoms with Crippen molar-refractivity contribution in [3.05, 3.63) is 65.7 Å². The lowest BCUT2D eigenvalue weighted by Crippen LogP contribution is -2.33. The molecule has 130 valence electrons. The quantitative estimate of drug-likeness (QED) is 0.805. The van der Waals surface area contributed by atoms with Crippen molar-refractivity contribution in [1.29, 1.82) is 0 Å². The Bertz CT molecular complexity index is 602. The van der Waals surface area contributed by atoms with Gasteiger partial charge in [0.05, 0.1) is 0 Å². The van der Waals surface area contributed by atoms with Crippen LogP contribution >= 0.6 is 0 Å². The Morgan fingerprint density at radius 3 is 2.21 bits per heavy atom. The van der Waals surface area contributed by atoms with Gasteiger partial charge in [0.2, 0.25) is 0 Å². The van der Waals surface area contributed by atoms with Gasteiger partial charge in [-0.1, -0.05) is 63.2 Å². The summed E-state index contributed by atoms with van der Waals surface area (Å²) in [6.45, 7) is 9.43. The molecular formula is C21H29NO2. The van der Waals surface area contributed by atoms with Crippen molar-refractivity contribution < 1.29 is 9.84 Å². The standard InChI is InChI=1S/C21H29NO2/c1-16(17-8-6-5-7-9-17)22-14-19(23)15-24-20-12-10-18(11-13-20)21(2,3)4/h5-13,16,19,22-23H,14-15H2,1-4H3. The average Bonchev–Trinajstić information content (AvgIpc) is 2.58. The van der Waals surface area contributed by atoms with Crippen LogP contribution in [-0.4, -0.2) is 24.4 Å². The Kier molecular flexibility index (Phi) is 6.41. The molecular weight excluding hydrogens is 298 g/mol. The summed E-state index contributed by atoms with van der Waals surface area (Å²) in [5.74, 6) is 0.790. The highest BCUT2D eigenvalue weighted by molar-refractivity contribution is 5.31. The van der Waals surface area contributed by atoms with Crippen LogP contribution in [0.4, 0.5) is 0 Å². The van der Waals surface area contributed by atoms with Gasteiger partial charge >= 0.3 is 0 Å². The van der Waals surface area contributed by atoms with Crippen LogP contribution < -0.4 is 10.1 Å². The van der Waals surface area contributed by atoms with Crippen molar-refractivity contribution in [3.8, 4) is 5.75 Å². The lowest BCUT2D eigenvalue weighted by molar-refractivity contribution is 0.104. The van der Waals surface area contributed by atoms with Gasteiger partial charge in [-0.25, -0.2) is 0 Å². The summed E-state index contributed by atoms with van der Waals surface area (Å²) in [5, 5.41) is 13.4. The molecule has 2 aromatic rings. The van der Waals surface area contributed by atoms with Gasteiger partial charge in [-0.15, -0.1) is 0 Å². The van der Waals surface area contributed by atoms with E-state index in [9.17, 15) is 5.11 Å². The number of aliphatic hydroxyl groups is 1. The Morgan fingerprint density at radius 1 is 1.00 bits per heavy atom. The molecule has 3 nitrogen and oxygen atoms in total. The highest BCUT2D eigenvalue weighted by atomic mass is 16.5. The van der Waals surface area contributed by atoms with E-state index < -0.39 is 6.10 Å². The molecule has 24 heavy (non-hydrogen) atoms. The summed E-state index contributed by atoms with van der Waals surface area (Å²) in [6.07, 6.45) is -0.543. The molecule has 0 amide bonds. The summed E-state index contributed by atoms with van der Waals surface area (Å²) in [6, 6.07) is 18.5. The molecule has 2 atom stereocenters. The van der Waals surface area contributed by atoms with Crippen LogP contribution in [0.3, 0.4) is 0 Å². The smallest absolute Gasteiger partial charge is 0.119 e. The van der Waals surface area contributed by atoms with Crippen LogP contribution in [0.2, 0.25) is 0 Å². The first-order chi connectivity index (χ1) is 11.4. The first-order valence-electron chi connectivity index (χ1n) is 8.56. The fourth-order valence-corrected chi connectivity index (χ4v) is 2.47. The van der Waals surface area contributed by atoms with Gasteiger partial charge in [0.15, 0.2) is 0 Å². The fraction of sp³-hybridized carbons (Fsp3) is 0.429. The number of ether oxygens (including phenoxy) is 1. The molecule has 0 heterocycles. The van der Waals surface area contributed by atoms with Crippen molar-refractivity contribution in [1.82, 2.24) is 5.32 Å². The SMILES string of the molecule is CC(NCC(O)COc1ccc(C(C)(C)C)cc1)c1ccccc1. The maximum absolute atomic E-state index is 10.1. The zero-order chi connectivity index (χ0) is 17.6. The molecule has 0 radical (unpaired) electrons. The largest absolute Gasteiger partial charge is 0.491 e. The van der Waals surface area contributed by atoms with Crippen LogP contribution in [0.15, 0.2) is 54.6 Å². The van der Waals surface area contributed by atoms with Crippen molar-refractivity contribution in [2.45, 2.75) is 45.3 Å². The third kappa shape index (κ3) is 5.66. The fourth-order valence-electron chi connectivity index (χ4n) is 2.47. The lowest BCUT2D eigenvalue weighted by Gasteiger charge is -2.20. The van der Waals surface area contributed by atoms with E-state index >= 15 is 0 Å². The molecule has 0 aliphatic heterocycles. The monoisotopic (exact) mass is 327 g/mol. The molecule has 2 unspecified atom stereocenters. The van der Waals surface area contributed by atoms with Gasteiger partial charge in [0.1, 0.15) is 18.5 Å². The predicted octanol–water partition coefficient (Wildman–Crippen LogP) is 4.07. The first-order valence-corrected chi connectivity index (χ1v) is 8.56. The van der Waals surface area contributed by atoms with Crippen molar-refractivity contribution in [2.24, 2.45) is 0 Å². The average molecular weight is 327 g/mol. The van der Waals surface area contributed by atoms with Gasteiger partial charge in [0.25, 0.3) is 0 Å². The Hall–Kier alpha value is -1.84. The van der Waals surface area contributed by atoms with Gasteiger partial charge in [-0.3, -0.25) is 0 Å².